The number of para-hydroxylation sites is 1. The van der Waals surface area contributed by atoms with Crippen LogP contribution in [0.15, 0.2) is 36.7 Å². The predicted octanol–water partition coefficient (Wildman–Crippen LogP) is 5.31. The minimum absolute atomic E-state index is 0.188. The molecule has 0 aliphatic heterocycles. The Morgan fingerprint density at radius 2 is 1.62 bits per heavy atom. The monoisotopic (exact) mass is 348 g/mol. The fraction of sp³-hybridized carbons (Fsp3) is 0.455. The molecular weight excluding hydrogens is 320 g/mol. The topological polar surface area (TPSA) is 34.6 Å². The molecule has 0 unspecified atom stereocenters. The summed E-state index contributed by atoms with van der Waals surface area (Å²) in [7, 11) is 0. The van der Waals surface area contributed by atoms with Gasteiger partial charge in [0.1, 0.15) is 5.65 Å². The van der Waals surface area contributed by atoms with Gasteiger partial charge >= 0.3 is 0 Å². The maximum atomic E-state index is 5.12. The Morgan fingerprint density at radius 3 is 2.31 bits per heavy atom. The van der Waals surface area contributed by atoms with E-state index in [0.29, 0.717) is 0 Å². The number of rotatable bonds is 2. The highest BCUT2D eigenvalue weighted by molar-refractivity contribution is 5.93. The lowest BCUT2D eigenvalue weighted by atomic mass is 9.85. The third kappa shape index (κ3) is 2.87. The smallest absolute Gasteiger partial charge is 0.220 e. The van der Waals surface area contributed by atoms with Crippen molar-refractivity contribution in [1.82, 2.24) is 18.8 Å². The average Bonchev–Trinajstić information content (AvgIpc) is 3.11. The number of fused-ring (bicyclic) bond motifs is 6. The predicted molar refractivity (Wildman–Crippen MR) is 108 cm³/mol. The van der Waals surface area contributed by atoms with Gasteiger partial charge < -0.3 is 0 Å². The summed E-state index contributed by atoms with van der Waals surface area (Å²) >= 11 is 0. The zero-order chi connectivity index (χ0) is 18.7. The van der Waals surface area contributed by atoms with E-state index in [1.807, 2.05) is 12.4 Å². The van der Waals surface area contributed by atoms with E-state index in [4.69, 9.17) is 4.98 Å². The van der Waals surface area contributed by atoms with Crippen molar-refractivity contribution >= 4 is 22.3 Å². The number of hydrogen-bond acceptors (Lipinski definition) is 2. The van der Waals surface area contributed by atoms with E-state index in [2.05, 4.69) is 79.6 Å². The van der Waals surface area contributed by atoms with E-state index in [-0.39, 0.29) is 10.8 Å². The van der Waals surface area contributed by atoms with Gasteiger partial charge in [0, 0.05) is 23.5 Å². The Morgan fingerprint density at radius 1 is 0.923 bits per heavy atom. The molecule has 4 nitrogen and oxygen atoms in total. The van der Waals surface area contributed by atoms with Crippen LogP contribution in [0.4, 0.5) is 0 Å². The Balaban J connectivity index is 2.15. The highest BCUT2D eigenvalue weighted by Crippen LogP contribution is 2.31. The largest absolute Gasteiger partial charge is 0.281 e. The molecule has 0 atom stereocenters. The molecule has 0 saturated heterocycles. The van der Waals surface area contributed by atoms with E-state index >= 15 is 0 Å². The molecule has 0 spiro atoms. The van der Waals surface area contributed by atoms with Crippen molar-refractivity contribution in [2.75, 3.05) is 0 Å². The summed E-state index contributed by atoms with van der Waals surface area (Å²) in [6.45, 7) is 13.7. The van der Waals surface area contributed by atoms with Crippen LogP contribution in [-0.4, -0.2) is 18.8 Å². The Kier molecular flexibility index (Phi) is 3.66. The molecule has 0 aliphatic rings. The Hall–Kier alpha value is -2.36. The highest BCUT2D eigenvalue weighted by atomic mass is 15.2. The SMILES string of the molecule is CC(C)(C)Cc1nc2n3ccnc3c3ccccc3n2c1CC(C)(C)C. The molecular formula is C22H28N4. The summed E-state index contributed by atoms with van der Waals surface area (Å²) in [6.07, 6.45) is 5.84. The van der Waals surface area contributed by atoms with Crippen LogP contribution < -0.4 is 0 Å². The van der Waals surface area contributed by atoms with Gasteiger partial charge in [-0.3, -0.25) is 8.80 Å². The van der Waals surface area contributed by atoms with Crippen molar-refractivity contribution in [2.45, 2.75) is 54.4 Å². The van der Waals surface area contributed by atoms with Gasteiger partial charge in [0.2, 0.25) is 5.78 Å². The maximum Gasteiger partial charge on any atom is 0.220 e. The molecule has 0 N–H and O–H groups in total. The molecule has 26 heavy (non-hydrogen) atoms. The van der Waals surface area contributed by atoms with Gasteiger partial charge in [-0.15, -0.1) is 0 Å². The first-order chi connectivity index (χ1) is 12.1. The summed E-state index contributed by atoms with van der Waals surface area (Å²) < 4.78 is 4.48. The van der Waals surface area contributed by atoms with Gasteiger partial charge in [-0.05, 0) is 35.8 Å². The van der Waals surface area contributed by atoms with Crippen LogP contribution in [0.5, 0.6) is 0 Å². The van der Waals surface area contributed by atoms with Crippen LogP contribution in [0.25, 0.3) is 22.3 Å². The van der Waals surface area contributed by atoms with Crippen LogP contribution in [0.1, 0.15) is 52.9 Å². The Bertz CT molecular complexity index is 1100. The molecule has 4 rings (SSSR count). The van der Waals surface area contributed by atoms with E-state index in [1.54, 1.807) is 0 Å². The van der Waals surface area contributed by atoms with E-state index in [1.165, 1.54) is 22.3 Å². The molecule has 4 aromatic rings. The van der Waals surface area contributed by atoms with Crippen LogP contribution in [-0.2, 0) is 12.8 Å². The van der Waals surface area contributed by atoms with E-state index < -0.39 is 0 Å². The number of benzene rings is 1. The van der Waals surface area contributed by atoms with Gasteiger partial charge in [0.05, 0.1) is 11.2 Å². The van der Waals surface area contributed by atoms with Crippen molar-refractivity contribution in [2.24, 2.45) is 10.8 Å². The first-order valence-electron chi connectivity index (χ1n) is 9.38. The number of nitrogens with zero attached hydrogens (tertiary/aromatic N) is 4. The first kappa shape index (κ1) is 17.1. The highest BCUT2D eigenvalue weighted by Gasteiger charge is 2.25. The van der Waals surface area contributed by atoms with Crippen molar-refractivity contribution in [1.29, 1.82) is 0 Å². The number of imidazole rings is 2. The normalized spacial score (nSPS) is 13.3. The van der Waals surface area contributed by atoms with Crippen LogP contribution >= 0.6 is 0 Å². The van der Waals surface area contributed by atoms with Crippen LogP contribution in [0, 0.1) is 10.8 Å². The standard InChI is InChI=1S/C22H28N4/c1-21(2,3)13-16-18(14-22(4,5)6)26-17-10-8-7-9-15(17)19-23-11-12-25(19)20(26)24-16/h7-12H,13-14H2,1-6H3. The summed E-state index contributed by atoms with van der Waals surface area (Å²) in [5.41, 5.74) is 5.07. The fourth-order valence-electron chi connectivity index (χ4n) is 3.75. The molecule has 0 fully saturated rings. The lowest BCUT2D eigenvalue weighted by Gasteiger charge is -2.22. The zero-order valence-corrected chi connectivity index (χ0v) is 16.7. The van der Waals surface area contributed by atoms with Crippen molar-refractivity contribution in [3.05, 3.63) is 48.0 Å². The summed E-state index contributed by atoms with van der Waals surface area (Å²) in [5.74, 6) is 0.967. The second-order valence-corrected chi connectivity index (χ2v) is 9.75. The van der Waals surface area contributed by atoms with Crippen LogP contribution in [0.3, 0.4) is 0 Å². The average molecular weight is 348 g/mol. The van der Waals surface area contributed by atoms with Gasteiger partial charge in [-0.1, -0.05) is 53.7 Å². The van der Waals surface area contributed by atoms with Crippen molar-refractivity contribution < 1.29 is 0 Å². The van der Waals surface area contributed by atoms with Gasteiger partial charge in [0.25, 0.3) is 0 Å². The van der Waals surface area contributed by atoms with Crippen molar-refractivity contribution in [3.63, 3.8) is 0 Å². The second kappa shape index (κ2) is 5.57. The lowest BCUT2D eigenvalue weighted by Crippen LogP contribution is -2.16. The minimum atomic E-state index is 0.188. The first-order valence-corrected chi connectivity index (χ1v) is 9.38. The van der Waals surface area contributed by atoms with Gasteiger partial charge in [-0.25, -0.2) is 9.97 Å². The number of aromatic nitrogens is 4. The Labute approximate surface area is 154 Å². The molecule has 3 heterocycles. The summed E-state index contributed by atoms with van der Waals surface area (Å²) in [4.78, 5) is 9.71. The minimum Gasteiger partial charge on any atom is -0.281 e. The molecule has 136 valence electrons. The van der Waals surface area contributed by atoms with E-state index in [9.17, 15) is 0 Å². The van der Waals surface area contributed by atoms with Crippen LogP contribution in [0.2, 0.25) is 0 Å². The summed E-state index contributed by atoms with van der Waals surface area (Å²) in [6, 6.07) is 8.53. The van der Waals surface area contributed by atoms with Crippen molar-refractivity contribution in [3.8, 4) is 0 Å². The quantitative estimate of drug-likeness (QED) is 0.492. The molecule has 0 radical (unpaired) electrons. The third-order valence-corrected chi connectivity index (χ3v) is 4.68. The summed E-state index contributed by atoms with van der Waals surface area (Å²) in [5, 5.41) is 1.17. The molecule has 3 aromatic heterocycles. The van der Waals surface area contributed by atoms with E-state index in [0.717, 1.165) is 24.3 Å². The fourth-order valence-corrected chi connectivity index (χ4v) is 3.75. The third-order valence-electron chi connectivity index (χ3n) is 4.68. The molecule has 0 amide bonds. The molecule has 4 heteroatoms. The molecule has 0 saturated carbocycles. The zero-order valence-electron chi connectivity index (χ0n) is 16.7. The lowest BCUT2D eigenvalue weighted by molar-refractivity contribution is 0.386. The molecule has 1 aromatic carbocycles. The second-order valence-electron chi connectivity index (χ2n) is 9.75. The molecule has 0 aliphatic carbocycles. The molecule has 0 bridgehead atoms. The maximum absolute atomic E-state index is 5.12. The van der Waals surface area contributed by atoms with Gasteiger partial charge in [0.15, 0.2) is 0 Å². The number of hydrogen-bond donors (Lipinski definition) is 0. The van der Waals surface area contributed by atoms with Gasteiger partial charge in [-0.2, -0.15) is 0 Å².